The minimum atomic E-state index is 0.0318. The third kappa shape index (κ3) is 3.39. The van der Waals surface area contributed by atoms with Crippen molar-refractivity contribution < 1.29 is 5.11 Å². The van der Waals surface area contributed by atoms with E-state index >= 15 is 0 Å². The van der Waals surface area contributed by atoms with Crippen LogP contribution in [0, 0.1) is 19.3 Å². The normalized spacial score (nSPS) is 12.3. The first-order chi connectivity index (χ1) is 6.79. The fraction of sp³-hybridized carbons (Fsp3) is 0.462. The van der Waals surface area contributed by atoms with Crippen molar-refractivity contribution in [3.63, 3.8) is 0 Å². The van der Waals surface area contributed by atoms with Crippen LogP contribution in [0.4, 0.5) is 5.69 Å². The number of aliphatic imine (C=N–C) groups is 1. The molecule has 1 aromatic rings. The molecule has 0 heterocycles. The Bertz CT molecular complexity index is 386. The van der Waals surface area contributed by atoms with Crippen molar-refractivity contribution >= 4 is 11.9 Å². The van der Waals surface area contributed by atoms with Crippen molar-refractivity contribution in [2.24, 2.45) is 10.4 Å². The number of phenolic OH excluding ortho intramolecular Hbond substituents is 1. The molecule has 0 aliphatic heterocycles. The minimum absolute atomic E-state index is 0.0318. The molecule has 0 atom stereocenters. The highest BCUT2D eigenvalue weighted by Crippen LogP contribution is 2.31. The van der Waals surface area contributed by atoms with E-state index in [9.17, 15) is 5.11 Å². The molecule has 0 aromatic heterocycles. The fourth-order valence-electron chi connectivity index (χ4n) is 1.30. The van der Waals surface area contributed by atoms with Gasteiger partial charge in [-0.05, 0) is 36.5 Å². The van der Waals surface area contributed by atoms with Crippen molar-refractivity contribution in [3.8, 4) is 5.75 Å². The standard InChI is InChI=1S/C13H19NO/c1-9-6-10(2)12(15)11(7-9)14-8-13(3,4)5/h6-8,15H,1-5H3/b14-8-. The molecular formula is C13H19NO. The van der Waals surface area contributed by atoms with Crippen molar-refractivity contribution in [1.29, 1.82) is 0 Å². The Morgan fingerprint density at radius 2 is 1.80 bits per heavy atom. The Kier molecular flexibility index (Phi) is 3.18. The first kappa shape index (κ1) is 11.8. The molecule has 1 N–H and O–H groups in total. The Labute approximate surface area is 91.7 Å². The second-order valence-corrected chi connectivity index (χ2v) is 5.07. The molecule has 0 saturated heterocycles. The predicted octanol–water partition coefficient (Wildman–Crippen LogP) is 3.76. The monoisotopic (exact) mass is 205 g/mol. The maximum Gasteiger partial charge on any atom is 0.144 e. The molecule has 0 bridgehead atoms. The molecule has 0 aliphatic rings. The summed E-state index contributed by atoms with van der Waals surface area (Å²) in [5, 5.41) is 9.81. The van der Waals surface area contributed by atoms with Gasteiger partial charge < -0.3 is 5.11 Å². The van der Waals surface area contributed by atoms with Crippen LogP contribution in [0.25, 0.3) is 0 Å². The molecule has 2 nitrogen and oxygen atoms in total. The molecule has 82 valence electrons. The van der Waals surface area contributed by atoms with Crippen molar-refractivity contribution in [3.05, 3.63) is 23.3 Å². The van der Waals surface area contributed by atoms with Gasteiger partial charge in [-0.25, -0.2) is 0 Å². The summed E-state index contributed by atoms with van der Waals surface area (Å²) >= 11 is 0. The van der Waals surface area contributed by atoms with Gasteiger partial charge in [0.25, 0.3) is 0 Å². The first-order valence-corrected chi connectivity index (χ1v) is 5.15. The van der Waals surface area contributed by atoms with Crippen LogP contribution >= 0.6 is 0 Å². The summed E-state index contributed by atoms with van der Waals surface area (Å²) in [7, 11) is 0. The smallest absolute Gasteiger partial charge is 0.144 e. The molecular weight excluding hydrogens is 186 g/mol. The number of aromatic hydroxyl groups is 1. The molecule has 2 heteroatoms. The first-order valence-electron chi connectivity index (χ1n) is 5.15. The number of nitrogens with zero attached hydrogens (tertiary/aromatic N) is 1. The molecule has 0 radical (unpaired) electrons. The van der Waals surface area contributed by atoms with Gasteiger partial charge >= 0.3 is 0 Å². The van der Waals surface area contributed by atoms with E-state index in [2.05, 4.69) is 25.8 Å². The van der Waals surface area contributed by atoms with Gasteiger partial charge in [0.1, 0.15) is 11.4 Å². The number of aryl methyl sites for hydroxylation is 2. The van der Waals surface area contributed by atoms with Crippen LogP contribution < -0.4 is 0 Å². The third-order valence-electron chi connectivity index (χ3n) is 2.02. The highest BCUT2D eigenvalue weighted by molar-refractivity contribution is 5.71. The van der Waals surface area contributed by atoms with Crippen LogP contribution in [0.1, 0.15) is 31.9 Å². The van der Waals surface area contributed by atoms with E-state index in [0.29, 0.717) is 5.69 Å². The number of rotatable bonds is 1. The third-order valence-corrected chi connectivity index (χ3v) is 2.02. The predicted molar refractivity (Wildman–Crippen MR) is 65.2 cm³/mol. The molecule has 1 rings (SSSR count). The molecule has 1 aromatic carbocycles. The lowest BCUT2D eigenvalue weighted by molar-refractivity contribution is 0.472. The molecule has 15 heavy (non-hydrogen) atoms. The molecule has 0 spiro atoms. The molecule has 0 amide bonds. The van der Waals surface area contributed by atoms with Crippen LogP contribution in [-0.2, 0) is 0 Å². The zero-order chi connectivity index (χ0) is 11.6. The highest BCUT2D eigenvalue weighted by Gasteiger charge is 2.08. The molecule has 0 unspecified atom stereocenters. The lowest BCUT2D eigenvalue weighted by atomic mass is 9.99. The van der Waals surface area contributed by atoms with Gasteiger partial charge in [-0.1, -0.05) is 26.8 Å². The van der Waals surface area contributed by atoms with E-state index in [1.807, 2.05) is 32.2 Å². The fourth-order valence-corrected chi connectivity index (χ4v) is 1.30. The van der Waals surface area contributed by atoms with Crippen LogP contribution in [0.15, 0.2) is 17.1 Å². The lowest BCUT2D eigenvalue weighted by Crippen LogP contribution is -2.05. The van der Waals surface area contributed by atoms with Crippen LogP contribution in [0.2, 0.25) is 0 Å². The van der Waals surface area contributed by atoms with E-state index in [4.69, 9.17) is 0 Å². The summed E-state index contributed by atoms with van der Waals surface area (Å²) in [5.74, 6) is 0.279. The Balaban J connectivity index is 3.10. The zero-order valence-corrected chi connectivity index (χ0v) is 10.1. The topological polar surface area (TPSA) is 32.6 Å². The second kappa shape index (κ2) is 4.05. The van der Waals surface area contributed by atoms with Gasteiger partial charge in [-0.15, -0.1) is 0 Å². The summed E-state index contributed by atoms with van der Waals surface area (Å²) < 4.78 is 0. The molecule has 0 fully saturated rings. The maximum atomic E-state index is 9.81. The van der Waals surface area contributed by atoms with Gasteiger partial charge in [-0.2, -0.15) is 0 Å². The van der Waals surface area contributed by atoms with Gasteiger partial charge in [0.15, 0.2) is 0 Å². The summed E-state index contributed by atoms with van der Waals surface area (Å²) in [4.78, 5) is 4.32. The SMILES string of the molecule is Cc1cc(C)c(O)c(/N=C\C(C)(C)C)c1. The van der Waals surface area contributed by atoms with E-state index in [-0.39, 0.29) is 11.2 Å². The number of hydrogen-bond donors (Lipinski definition) is 1. The van der Waals surface area contributed by atoms with Gasteiger partial charge in [0.2, 0.25) is 0 Å². The number of benzene rings is 1. The van der Waals surface area contributed by atoms with E-state index < -0.39 is 0 Å². The van der Waals surface area contributed by atoms with Crippen molar-refractivity contribution in [2.75, 3.05) is 0 Å². The van der Waals surface area contributed by atoms with Crippen molar-refractivity contribution in [1.82, 2.24) is 0 Å². The summed E-state index contributed by atoms with van der Waals surface area (Å²) in [5.41, 5.74) is 2.68. The van der Waals surface area contributed by atoms with E-state index in [0.717, 1.165) is 11.1 Å². The molecule has 0 aliphatic carbocycles. The zero-order valence-electron chi connectivity index (χ0n) is 10.1. The van der Waals surface area contributed by atoms with Crippen LogP contribution in [0.3, 0.4) is 0 Å². The van der Waals surface area contributed by atoms with Crippen LogP contribution in [-0.4, -0.2) is 11.3 Å². The second-order valence-electron chi connectivity index (χ2n) is 5.07. The minimum Gasteiger partial charge on any atom is -0.505 e. The maximum absolute atomic E-state index is 9.81. The quantitative estimate of drug-likeness (QED) is 0.696. The molecule has 0 saturated carbocycles. The Morgan fingerprint density at radius 1 is 1.20 bits per heavy atom. The van der Waals surface area contributed by atoms with Crippen LogP contribution in [0.5, 0.6) is 5.75 Å². The summed E-state index contributed by atoms with van der Waals surface area (Å²) in [6.07, 6.45) is 1.86. The largest absolute Gasteiger partial charge is 0.505 e. The number of hydrogen-bond acceptors (Lipinski definition) is 2. The number of phenols is 1. The van der Waals surface area contributed by atoms with Gasteiger partial charge in [0.05, 0.1) is 0 Å². The van der Waals surface area contributed by atoms with Gasteiger partial charge in [-0.3, -0.25) is 4.99 Å². The van der Waals surface area contributed by atoms with E-state index in [1.165, 1.54) is 0 Å². The van der Waals surface area contributed by atoms with Gasteiger partial charge in [0, 0.05) is 6.21 Å². The average molecular weight is 205 g/mol. The van der Waals surface area contributed by atoms with Crippen molar-refractivity contribution in [2.45, 2.75) is 34.6 Å². The summed E-state index contributed by atoms with van der Waals surface area (Å²) in [6, 6.07) is 3.84. The van der Waals surface area contributed by atoms with E-state index in [1.54, 1.807) is 0 Å². The average Bonchev–Trinajstić information content (AvgIpc) is 2.07. The Morgan fingerprint density at radius 3 is 2.33 bits per heavy atom. The summed E-state index contributed by atoms with van der Waals surface area (Å²) in [6.45, 7) is 10.1. The lowest BCUT2D eigenvalue weighted by Gasteiger charge is -2.11. The highest BCUT2D eigenvalue weighted by atomic mass is 16.3. The Hall–Kier alpha value is -1.31.